The second kappa shape index (κ2) is 6.12. The first-order valence-electron chi connectivity index (χ1n) is 6.51. The third-order valence-electron chi connectivity index (χ3n) is 3.28. The van der Waals surface area contributed by atoms with Gasteiger partial charge in [-0.15, -0.1) is 0 Å². The highest BCUT2D eigenvalue weighted by molar-refractivity contribution is 7.97. The fourth-order valence-corrected chi connectivity index (χ4v) is 3.12. The summed E-state index contributed by atoms with van der Waals surface area (Å²) in [6.07, 6.45) is 0. The van der Waals surface area contributed by atoms with E-state index >= 15 is 0 Å². The number of rotatable bonds is 4. The number of fused-ring (bicyclic) bond motifs is 3. The maximum atomic E-state index is 11.6. The van der Waals surface area contributed by atoms with Gasteiger partial charge in [-0.25, -0.2) is 10.7 Å². The van der Waals surface area contributed by atoms with Crippen molar-refractivity contribution in [3.05, 3.63) is 45.0 Å². The lowest BCUT2D eigenvalue weighted by molar-refractivity contribution is -0.829. The summed E-state index contributed by atoms with van der Waals surface area (Å²) in [6, 6.07) is 7.00. The van der Waals surface area contributed by atoms with E-state index in [4.69, 9.17) is 10.7 Å². The van der Waals surface area contributed by atoms with E-state index in [1.807, 2.05) is 0 Å². The Balaban J connectivity index is 2.46. The number of aromatic nitrogens is 2. The van der Waals surface area contributed by atoms with Crippen molar-refractivity contribution in [3.63, 3.8) is 0 Å². The second-order valence-corrected chi connectivity index (χ2v) is 5.72. The lowest BCUT2D eigenvalue weighted by Crippen LogP contribution is -2.76. The van der Waals surface area contributed by atoms with E-state index in [1.165, 1.54) is 12.6 Å². The molecule has 3 aromatic rings. The lowest BCUT2D eigenvalue weighted by atomic mass is 10.1. The molecule has 3 rings (SSSR count). The number of hydrazine groups is 1. The number of aromatic amines is 2. The first-order valence-corrected chi connectivity index (χ1v) is 7.28. The van der Waals surface area contributed by atoms with Crippen LogP contribution in [0.15, 0.2) is 38.8 Å². The van der Waals surface area contributed by atoms with Crippen LogP contribution < -0.4 is 22.4 Å². The van der Waals surface area contributed by atoms with Crippen molar-refractivity contribution in [1.82, 2.24) is 14.5 Å². The van der Waals surface area contributed by atoms with Gasteiger partial charge in [0.05, 0.1) is 23.5 Å². The molecule has 120 valence electrons. The van der Waals surface area contributed by atoms with Crippen molar-refractivity contribution < 1.29 is 15.5 Å². The molecule has 1 heterocycles. The van der Waals surface area contributed by atoms with Gasteiger partial charge in [-0.3, -0.25) is 14.8 Å². The maximum Gasteiger partial charge on any atom is 0.314 e. The van der Waals surface area contributed by atoms with E-state index < -0.39 is 11.1 Å². The number of H-pyrrole nitrogens is 2. The smallest absolute Gasteiger partial charge is 0.314 e. The topological polar surface area (TPSA) is 141 Å². The van der Waals surface area contributed by atoms with Gasteiger partial charge < -0.3 is 9.97 Å². The zero-order valence-electron chi connectivity index (χ0n) is 12.0. The van der Waals surface area contributed by atoms with Crippen LogP contribution in [-0.4, -0.2) is 26.9 Å². The molecule has 10 heteroatoms. The fraction of sp³-hybridized carbons (Fsp3) is 0.0769. The minimum atomic E-state index is -0.733. The summed E-state index contributed by atoms with van der Waals surface area (Å²) >= 11 is 0.911. The van der Waals surface area contributed by atoms with Crippen molar-refractivity contribution in [3.8, 4) is 0 Å². The van der Waals surface area contributed by atoms with Gasteiger partial charge in [0.25, 0.3) is 0 Å². The summed E-state index contributed by atoms with van der Waals surface area (Å²) in [7, 11) is 1.50. The van der Waals surface area contributed by atoms with Crippen LogP contribution in [0.2, 0.25) is 0 Å². The van der Waals surface area contributed by atoms with Crippen LogP contribution >= 0.6 is 11.9 Å². The van der Waals surface area contributed by atoms with E-state index in [0.717, 1.165) is 17.3 Å². The Morgan fingerprint density at radius 2 is 2.04 bits per heavy atom. The summed E-state index contributed by atoms with van der Waals surface area (Å²) in [4.78, 5) is 34.1. The maximum absolute atomic E-state index is 11.6. The first-order chi connectivity index (χ1) is 11.0. The minimum absolute atomic E-state index is 0.473. The third-order valence-corrected chi connectivity index (χ3v) is 4.01. The van der Waals surface area contributed by atoms with Crippen LogP contribution in [0.1, 0.15) is 0 Å². The zero-order chi connectivity index (χ0) is 16.6. The number of benzene rings is 2. The molecule has 0 aliphatic heterocycles. The highest BCUT2D eigenvalue weighted by Crippen LogP contribution is 2.35. The Morgan fingerprint density at radius 1 is 1.30 bits per heavy atom. The van der Waals surface area contributed by atoms with E-state index in [1.54, 1.807) is 24.3 Å². The Hall–Kier alpha value is -2.21. The molecule has 9 nitrogen and oxygen atoms in total. The normalized spacial score (nSPS) is 11.7. The molecular formula is C13H14N5O4S+. The molecule has 1 aromatic heterocycles. The standard InChI is InChI=1S/C13H13N5O4S/c1-22-17-7-5-8-11(16-13(20)12(19)15-8)6-3-2-4-9(10(6)7)23-18(14)21/h2-5,17,21H,14H2,1H3,(H,15,19)(H,16,20)/p+1. The summed E-state index contributed by atoms with van der Waals surface area (Å²) in [5.41, 5.74) is 1.68. The predicted octanol–water partition coefficient (Wildman–Crippen LogP) is -0.302. The molecule has 0 aliphatic rings. The van der Waals surface area contributed by atoms with Gasteiger partial charge in [0.1, 0.15) is 0 Å². The van der Waals surface area contributed by atoms with E-state index in [9.17, 15) is 14.8 Å². The van der Waals surface area contributed by atoms with Crippen molar-refractivity contribution in [2.24, 2.45) is 5.84 Å². The van der Waals surface area contributed by atoms with Crippen LogP contribution in [0.5, 0.6) is 0 Å². The molecule has 0 aliphatic carbocycles. The van der Waals surface area contributed by atoms with Crippen molar-refractivity contribution in [2.75, 3.05) is 7.11 Å². The predicted molar refractivity (Wildman–Crippen MR) is 85.0 cm³/mol. The minimum Gasteiger partial charge on any atom is -0.316 e. The van der Waals surface area contributed by atoms with Gasteiger partial charge in [-0.1, -0.05) is 16.7 Å². The van der Waals surface area contributed by atoms with Gasteiger partial charge in [0.2, 0.25) is 0 Å². The summed E-state index contributed by atoms with van der Waals surface area (Å²) < 4.78 is 0.491. The zero-order valence-corrected chi connectivity index (χ0v) is 12.8. The molecule has 0 saturated carbocycles. The largest absolute Gasteiger partial charge is 0.316 e. The van der Waals surface area contributed by atoms with E-state index in [2.05, 4.69) is 9.97 Å². The molecule has 0 amide bonds. The van der Waals surface area contributed by atoms with Crippen LogP contribution in [0.25, 0.3) is 21.8 Å². The lowest BCUT2D eigenvalue weighted by Gasteiger charge is -2.12. The van der Waals surface area contributed by atoms with E-state index in [-0.39, 0.29) is 0 Å². The Labute approximate surface area is 133 Å². The average molecular weight is 336 g/mol. The van der Waals surface area contributed by atoms with Crippen LogP contribution in [0.3, 0.4) is 0 Å². The molecule has 0 bridgehead atoms. The van der Waals surface area contributed by atoms with Crippen LogP contribution in [-0.2, 0) is 4.84 Å². The van der Waals surface area contributed by atoms with Gasteiger partial charge in [-0.05, 0) is 6.07 Å². The van der Waals surface area contributed by atoms with Gasteiger partial charge >= 0.3 is 11.1 Å². The number of hydrogen-bond donors (Lipinski definition) is 5. The quantitative estimate of drug-likeness (QED) is 0.110. The number of hydrogen-bond acceptors (Lipinski definition) is 7. The summed E-state index contributed by atoms with van der Waals surface area (Å²) in [6.45, 7) is 0. The average Bonchev–Trinajstić information content (AvgIpc) is 2.49. The van der Waals surface area contributed by atoms with Crippen molar-refractivity contribution in [2.45, 2.75) is 4.90 Å². The SMILES string of the molecule is CO[NH2+]c1cc2[nH]c(=O)c(=O)[nH]c2c2cccc(SN(N)O)c12. The van der Waals surface area contributed by atoms with Crippen molar-refractivity contribution >= 4 is 39.4 Å². The number of nitrogens with two attached hydrogens (primary N) is 2. The summed E-state index contributed by atoms with van der Waals surface area (Å²) in [5.74, 6) is 5.30. The molecule has 23 heavy (non-hydrogen) atoms. The van der Waals surface area contributed by atoms with Gasteiger partial charge in [-0.2, -0.15) is 5.48 Å². The van der Waals surface area contributed by atoms with Crippen molar-refractivity contribution in [1.29, 1.82) is 0 Å². The van der Waals surface area contributed by atoms with E-state index in [0.29, 0.717) is 31.6 Å². The summed E-state index contributed by atoms with van der Waals surface area (Å²) in [5, 5.41) is 10.7. The molecule has 7 N–H and O–H groups in total. The Kier molecular flexibility index (Phi) is 4.17. The molecule has 0 radical (unpaired) electrons. The Bertz CT molecular complexity index is 997. The highest BCUT2D eigenvalue weighted by Gasteiger charge is 2.16. The molecular weight excluding hydrogens is 322 g/mol. The van der Waals surface area contributed by atoms with Crippen LogP contribution in [0, 0.1) is 0 Å². The van der Waals surface area contributed by atoms with Gasteiger partial charge in [0, 0.05) is 28.3 Å². The third kappa shape index (κ3) is 2.86. The van der Waals surface area contributed by atoms with Gasteiger partial charge in [0.15, 0.2) is 5.69 Å². The molecule has 0 unspecified atom stereocenters. The molecule has 0 spiro atoms. The number of nitrogens with zero attached hydrogens (tertiary/aromatic N) is 1. The Morgan fingerprint density at radius 3 is 2.74 bits per heavy atom. The second-order valence-electron chi connectivity index (χ2n) is 4.72. The van der Waals surface area contributed by atoms with Crippen LogP contribution in [0.4, 0.5) is 5.69 Å². The number of quaternary nitrogens is 1. The fourth-order valence-electron chi connectivity index (χ4n) is 2.46. The molecule has 2 aromatic carbocycles. The highest BCUT2D eigenvalue weighted by atomic mass is 32.2. The first kappa shape index (κ1) is 15.7. The molecule has 0 atom stereocenters. The molecule has 0 saturated heterocycles. The monoisotopic (exact) mass is 336 g/mol. The molecule has 0 fully saturated rings. The number of nitrogens with one attached hydrogen (secondary N) is 2.